The third-order valence-corrected chi connectivity index (χ3v) is 4.98. The van der Waals surface area contributed by atoms with Crippen LogP contribution >= 0.6 is 11.3 Å². The Kier molecular flexibility index (Phi) is 7.82. The molecule has 0 radical (unpaired) electrons. The Hall–Kier alpha value is -4.12. The van der Waals surface area contributed by atoms with Gasteiger partial charge in [-0.3, -0.25) is 14.9 Å². The monoisotopic (exact) mass is 471 g/mol. The molecule has 11 heteroatoms. The van der Waals surface area contributed by atoms with Crippen molar-refractivity contribution in [2.24, 2.45) is 5.73 Å². The van der Waals surface area contributed by atoms with Crippen molar-refractivity contribution in [3.8, 4) is 28.5 Å². The largest absolute Gasteiger partial charge is 0.497 e. The second-order valence-electron chi connectivity index (χ2n) is 6.51. The van der Waals surface area contributed by atoms with Gasteiger partial charge in [0.05, 0.1) is 25.5 Å². The van der Waals surface area contributed by atoms with Gasteiger partial charge in [0.15, 0.2) is 18.3 Å². The Morgan fingerprint density at radius 3 is 2.58 bits per heavy atom. The SMILES string of the molecule is COc1ccc(OC)c(-c2csc(NC(=O)COC(=O)c3cccc(OCC(N)=O)c3)n2)c1. The Morgan fingerprint density at radius 1 is 1.03 bits per heavy atom. The van der Waals surface area contributed by atoms with Gasteiger partial charge in [-0.1, -0.05) is 6.07 Å². The predicted molar refractivity (Wildman–Crippen MR) is 121 cm³/mol. The molecular weight excluding hydrogens is 450 g/mol. The van der Waals surface area contributed by atoms with Crippen LogP contribution in [-0.4, -0.2) is 50.2 Å². The van der Waals surface area contributed by atoms with Crippen molar-refractivity contribution in [3.63, 3.8) is 0 Å². The molecule has 0 bridgehead atoms. The molecule has 33 heavy (non-hydrogen) atoms. The Labute approximate surface area is 193 Å². The number of thiazole rings is 1. The Balaban J connectivity index is 1.58. The summed E-state index contributed by atoms with van der Waals surface area (Å²) < 4.78 is 20.8. The van der Waals surface area contributed by atoms with Gasteiger partial charge in [0.1, 0.15) is 17.2 Å². The van der Waals surface area contributed by atoms with Crippen molar-refractivity contribution in [1.29, 1.82) is 0 Å². The molecule has 0 saturated heterocycles. The highest BCUT2D eigenvalue weighted by atomic mass is 32.1. The molecular formula is C22H21N3O7S. The highest BCUT2D eigenvalue weighted by Crippen LogP contribution is 2.35. The van der Waals surface area contributed by atoms with Crippen molar-refractivity contribution < 1.29 is 33.3 Å². The summed E-state index contributed by atoms with van der Waals surface area (Å²) in [5.74, 6) is -0.403. The van der Waals surface area contributed by atoms with Gasteiger partial charge in [0.2, 0.25) is 0 Å². The number of benzene rings is 2. The number of carbonyl (C=O) groups is 3. The van der Waals surface area contributed by atoms with Crippen LogP contribution in [0.15, 0.2) is 47.8 Å². The van der Waals surface area contributed by atoms with E-state index in [1.807, 2.05) is 0 Å². The number of aromatic nitrogens is 1. The number of nitrogens with zero attached hydrogens (tertiary/aromatic N) is 1. The first-order valence-corrected chi connectivity index (χ1v) is 10.4. The van der Waals surface area contributed by atoms with Gasteiger partial charge < -0.3 is 24.7 Å². The van der Waals surface area contributed by atoms with Crippen LogP contribution in [0.3, 0.4) is 0 Å². The number of nitrogens with one attached hydrogen (secondary N) is 1. The molecule has 0 atom stereocenters. The maximum atomic E-state index is 12.2. The van der Waals surface area contributed by atoms with E-state index in [-0.39, 0.29) is 17.9 Å². The molecule has 1 aromatic heterocycles. The van der Waals surface area contributed by atoms with Crippen LogP contribution in [0.5, 0.6) is 17.2 Å². The van der Waals surface area contributed by atoms with Crippen molar-refractivity contribution in [3.05, 3.63) is 53.4 Å². The number of carbonyl (C=O) groups excluding carboxylic acids is 3. The molecule has 0 spiro atoms. The zero-order valence-electron chi connectivity index (χ0n) is 17.8. The summed E-state index contributed by atoms with van der Waals surface area (Å²) in [5, 5.41) is 4.68. The van der Waals surface area contributed by atoms with Crippen molar-refractivity contribution in [2.75, 3.05) is 32.8 Å². The minimum atomic E-state index is -0.726. The standard InChI is InChI=1S/C22H21N3O7S/c1-29-14-6-7-18(30-2)16(9-14)17-12-33-22(24-17)25-20(27)11-32-21(28)13-4-3-5-15(8-13)31-10-19(23)26/h3-9,12H,10-11H2,1-2H3,(H2,23,26)(H,24,25,27). The minimum absolute atomic E-state index is 0.159. The smallest absolute Gasteiger partial charge is 0.338 e. The first-order chi connectivity index (χ1) is 15.9. The van der Waals surface area contributed by atoms with Gasteiger partial charge in [-0.15, -0.1) is 11.3 Å². The van der Waals surface area contributed by atoms with Gasteiger partial charge in [-0.25, -0.2) is 9.78 Å². The van der Waals surface area contributed by atoms with Gasteiger partial charge in [-0.05, 0) is 36.4 Å². The summed E-state index contributed by atoms with van der Waals surface area (Å²) in [7, 11) is 3.11. The number of ether oxygens (including phenoxy) is 4. The molecule has 10 nitrogen and oxygen atoms in total. The summed E-state index contributed by atoms with van der Waals surface area (Å²) in [6.07, 6.45) is 0. The molecule has 0 saturated carbocycles. The number of esters is 1. The summed E-state index contributed by atoms with van der Waals surface area (Å²) in [5.41, 5.74) is 6.49. The highest BCUT2D eigenvalue weighted by molar-refractivity contribution is 7.14. The van der Waals surface area contributed by atoms with E-state index in [0.717, 1.165) is 0 Å². The van der Waals surface area contributed by atoms with Crippen LogP contribution in [0.4, 0.5) is 5.13 Å². The fourth-order valence-electron chi connectivity index (χ4n) is 2.71. The van der Waals surface area contributed by atoms with E-state index in [9.17, 15) is 14.4 Å². The van der Waals surface area contributed by atoms with Crippen LogP contribution in [0, 0.1) is 0 Å². The van der Waals surface area contributed by atoms with E-state index in [1.54, 1.807) is 49.9 Å². The second kappa shape index (κ2) is 11.0. The maximum Gasteiger partial charge on any atom is 0.338 e. The zero-order valence-corrected chi connectivity index (χ0v) is 18.6. The lowest BCUT2D eigenvalue weighted by atomic mass is 10.1. The van der Waals surface area contributed by atoms with Gasteiger partial charge >= 0.3 is 5.97 Å². The molecule has 2 amide bonds. The highest BCUT2D eigenvalue weighted by Gasteiger charge is 2.15. The van der Waals surface area contributed by atoms with Crippen LogP contribution < -0.4 is 25.3 Å². The van der Waals surface area contributed by atoms with Crippen molar-refractivity contribution in [2.45, 2.75) is 0 Å². The summed E-state index contributed by atoms with van der Waals surface area (Å²) >= 11 is 1.21. The quantitative estimate of drug-likeness (QED) is 0.430. The third kappa shape index (κ3) is 6.43. The lowest BCUT2D eigenvalue weighted by Gasteiger charge is -2.08. The first kappa shape index (κ1) is 23.5. The number of methoxy groups -OCH3 is 2. The van der Waals surface area contributed by atoms with Crippen molar-refractivity contribution >= 4 is 34.3 Å². The predicted octanol–water partition coefficient (Wildman–Crippen LogP) is 2.49. The van der Waals surface area contributed by atoms with Crippen molar-refractivity contribution in [1.82, 2.24) is 4.98 Å². The van der Waals surface area contributed by atoms with Crippen LogP contribution in [0.2, 0.25) is 0 Å². The lowest BCUT2D eigenvalue weighted by Crippen LogP contribution is -2.21. The van der Waals surface area contributed by atoms with Crippen LogP contribution in [0.25, 0.3) is 11.3 Å². The number of rotatable bonds is 10. The maximum absolute atomic E-state index is 12.2. The minimum Gasteiger partial charge on any atom is -0.497 e. The van der Waals surface area contributed by atoms with E-state index < -0.39 is 24.4 Å². The van der Waals surface area contributed by atoms with E-state index in [4.69, 9.17) is 24.7 Å². The molecule has 3 N–H and O–H groups in total. The van der Waals surface area contributed by atoms with E-state index >= 15 is 0 Å². The fraction of sp³-hybridized carbons (Fsp3) is 0.182. The number of anilines is 1. The Morgan fingerprint density at radius 2 is 1.85 bits per heavy atom. The lowest BCUT2D eigenvalue weighted by molar-refractivity contribution is -0.120. The summed E-state index contributed by atoms with van der Waals surface area (Å²) in [6.45, 7) is -0.832. The molecule has 0 aliphatic rings. The van der Waals surface area contributed by atoms with Gasteiger partial charge in [0.25, 0.3) is 11.8 Å². The third-order valence-electron chi connectivity index (χ3n) is 4.22. The normalized spacial score (nSPS) is 10.2. The van der Waals surface area contributed by atoms with Crippen LogP contribution in [0.1, 0.15) is 10.4 Å². The number of nitrogens with two attached hydrogens (primary N) is 1. The summed E-state index contributed by atoms with van der Waals surface area (Å²) in [6, 6.07) is 11.3. The average molecular weight is 471 g/mol. The van der Waals surface area contributed by atoms with E-state index in [1.165, 1.54) is 23.5 Å². The summed E-state index contributed by atoms with van der Waals surface area (Å²) in [4.78, 5) is 39.6. The first-order valence-electron chi connectivity index (χ1n) is 9.55. The number of hydrogen-bond acceptors (Lipinski definition) is 9. The fourth-order valence-corrected chi connectivity index (χ4v) is 3.43. The van der Waals surface area contributed by atoms with E-state index in [0.29, 0.717) is 27.9 Å². The zero-order chi connectivity index (χ0) is 23.8. The molecule has 0 unspecified atom stereocenters. The topological polar surface area (TPSA) is 139 Å². The second-order valence-corrected chi connectivity index (χ2v) is 7.37. The Bertz CT molecular complexity index is 1160. The molecule has 0 aliphatic carbocycles. The molecule has 0 aliphatic heterocycles. The molecule has 0 fully saturated rings. The number of primary amides is 1. The molecule has 172 valence electrons. The van der Waals surface area contributed by atoms with E-state index in [2.05, 4.69) is 10.3 Å². The van der Waals surface area contributed by atoms with Crippen LogP contribution in [-0.2, 0) is 14.3 Å². The number of amides is 2. The van der Waals surface area contributed by atoms with Gasteiger partial charge in [-0.2, -0.15) is 0 Å². The molecule has 3 aromatic rings. The average Bonchev–Trinajstić information content (AvgIpc) is 3.29. The molecule has 2 aromatic carbocycles. The molecule has 1 heterocycles. The van der Waals surface area contributed by atoms with Gasteiger partial charge in [0, 0.05) is 10.9 Å². The molecule has 3 rings (SSSR count). The number of hydrogen-bond donors (Lipinski definition) is 2.